The van der Waals surface area contributed by atoms with Crippen LogP contribution in [0.4, 0.5) is 5.95 Å². The molecule has 0 spiro atoms. The monoisotopic (exact) mass is 446 g/mol. The van der Waals surface area contributed by atoms with Crippen LogP contribution < -0.4 is 10.1 Å². The number of fused-ring (bicyclic) bond motifs is 1. The highest BCUT2D eigenvalue weighted by Gasteiger charge is 2.16. The van der Waals surface area contributed by atoms with Gasteiger partial charge in [-0.1, -0.05) is 40.9 Å². The van der Waals surface area contributed by atoms with E-state index in [1.54, 1.807) is 22.7 Å². The maximum atomic E-state index is 12.3. The zero-order valence-electron chi connectivity index (χ0n) is 15.6. The molecule has 6 nitrogen and oxygen atoms in total. The van der Waals surface area contributed by atoms with E-state index in [1.807, 2.05) is 37.4 Å². The quantitative estimate of drug-likeness (QED) is 0.445. The lowest BCUT2D eigenvalue weighted by Crippen LogP contribution is -2.21. The molecule has 2 heterocycles. The molecule has 2 aromatic carbocycles. The van der Waals surface area contributed by atoms with Gasteiger partial charge in [-0.15, -0.1) is 16.4 Å². The van der Waals surface area contributed by atoms with Crippen LogP contribution in [0, 0.1) is 13.8 Å². The number of aryl methyl sites for hydroxylation is 2. The summed E-state index contributed by atoms with van der Waals surface area (Å²) in [7, 11) is 0. The summed E-state index contributed by atoms with van der Waals surface area (Å²) in [5.41, 5.74) is 3.60. The predicted octanol–water partition coefficient (Wildman–Crippen LogP) is 5.40. The number of carbonyl (C=O) groups excluding carboxylic acids is 1. The Bertz CT molecular complexity index is 1220. The van der Waals surface area contributed by atoms with Crippen molar-refractivity contribution in [3.8, 4) is 17.0 Å². The van der Waals surface area contributed by atoms with E-state index in [-0.39, 0.29) is 18.5 Å². The zero-order valence-corrected chi connectivity index (χ0v) is 17.9. The second-order valence-corrected chi connectivity index (χ2v) is 8.16. The Labute approximate surface area is 181 Å². The van der Waals surface area contributed by atoms with E-state index < -0.39 is 0 Å². The van der Waals surface area contributed by atoms with E-state index in [9.17, 15) is 4.79 Å². The summed E-state index contributed by atoms with van der Waals surface area (Å²) < 4.78 is 7.23. The fraction of sp³-hybridized carbons (Fsp3) is 0.150. The number of amides is 1. The number of rotatable bonds is 5. The van der Waals surface area contributed by atoms with Crippen LogP contribution in [-0.4, -0.2) is 27.1 Å². The Morgan fingerprint density at radius 2 is 2.03 bits per heavy atom. The van der Waals surface area contributed by atoms with Gasteiger partial charge in [0.05, 0.1) is 10.7 Å². The maximum absolute atomic E-state index is 12.3. The summed E-state index contributed by atoms with van der Waals surface area (Å²) in [6.07, 6.45) is 0. The first-order chi connectivity index (χ1) is 13.9. The highest BCUT2D eigenvalue weighted by molar-refractivity contribution is 7.15. The van der Waals surface area contributed by atoms with Gasteiger partial charge in [0, 0.05) is 16.0 Å². The number of benzene rings is 2. The molecule has 4 aromatic rings. The number of nitrogens with one attached hydrogen (secondary N) is 1. The molecule has 0 fully saturated rings. The topological polar surface area (TPSA) is 68.5 Å². The summed E-state index contributed by atoms with van der Waals surface area (Å²) in [5.74, 6) is 0.526. The van der Waals surface area contributed by atoms with Gasteiger partial charge >= 0.3 is 0 Å². The molecule has 0 saturated carbocycles. The van der Waals surface area contributed by atoms with Gasteiger partial charge in [-0.2, -0.15) is 4.98 Å². The van der Waals surface area contributed by atoms with Crippen molar-refractivity contribution < 1.29 is 9.53 Å². The molecule has 0 aliphatic carbocycles. The van der Waals surface area contributed by atoms with E-state index in [0.29, 0.717) is 20.8 Å². The number of nitrogens with zero attached hydrogens (tertiary/aromatic N) is 3. The molecule has 0 bridgehead atoms. The minimum absolute atomic E-state index is 0.135. The lowest BCUT2D eigenvalue weighted by atomic mass is 10.1. The van der Waals surface area contributed by atoms with Crippen molar-refractivity contribution in [2.75, 3.05) is 11.9 Å². The third-order valence-electron chi connectivity index (χ3n) is 4.23. The van der Waals surface area contributed by atoms with Crippen LogP contribution in [0.1, 0.15) is 11.1 Å². The van der Waals surface area contributed by atoms with Crippen LogP contribution in [0.5, 0.6) is 5.75 Å². The fourth-order valence-electron chi connectivity index (χ4n) is 2.88. The Kier molecular flexibility index (Phi) is 5.45. The van der Waals surface area contributed by atoms with E-state index in [1.165, 1.54) is 11.3 Å². The van der Waals surface area contributed by atoms with E-state index >= 15 is 0 Å². The Morgan fingerprint density at radius 1 is 1.21 bits per heavy atom. The Morgan fingerprint density at radius 3 is 2.83 bits per heavy atom. The fourth-order valence-corrected chi connectivity index (χ4v) is 4.09. The van der Waals surface area contributed by atoms with E-state index in [2.05, 4.69) is 15.4 Å². The van der Waals surface area contributed by atoms with Crippen molar-refractivity contribution >= 4 is 51.4 Å². The molecule has 29 heavy (non-hydrogen) atoms. The van der Waals surface area contributed by atoms with Gasteiger partial charge in [0.25, 0.3) is 11.9 Å². The largest absolute Gasteiger partial charge is 0.483 e. The minimum atomic E-state index is -0.342. The summed E-state index contributed by atoms with van der Waals surface area (Å²) in [5, 5.41) is 10.0. The standard InChI is InChI=1S/C20H16Cl2N4O2S/c1-11-3-6-17(12(2)7-11)28-9-18(27)23-19-24-20-26(25-19)16(10-29-20)14-8-13(21)4-5-15(14)22/h3-8,10H,9H2,1-2H3,(H,23,25,27). The lowest BCUT2D eigenvalue weighted by molar-refractivity contribution is -0.118. The number of thiazole rings is 1. The average molecular weight is 447 g/mol. The average Bonchev–Trinajstić information content (AvgIpc) is 3.23. The second kappa shape index (κ2) is 8.02. The Hall–Kier alpha value is -2.61. The second-order valence-electron chi connectivity index (χ2n) is 6.48. The van der Waals surface area contributed by atoms with E-state index in [4.69, 9.17) is 27.9 Å². The number of aromatic nitrogens is 3. The number of hydrogen-bond donors (Lipinski definition) is 1. The molecular formula is C20H16Cl2N4O2S. The van der Waals surface area contributed by atoms with Gasteiger partial charge in [0.1, 0.15) is 5.75 Å². The summed E-state index contributed by atoms with van der Waals surface area (Å²) in [4.78, 5) is 17.2. The minimum Gasteiger partial charge on any atom is -0.483 e. The van der Waals surface area contributed by atoms with E-state index in [0.717, 1.165) is 22.4 Å². The molecule has 148 valence electrons. The lowest BCUT2D eigenvalue weighted by Gasteiger charge is -2.09. The first-order valence-electron chi connectivity index (χ1n) is 8.70. The SMILES string of the molecule is Cc1ccc(OCC(=O)Nc2nc3scc(-c4cc(Cl)ccc4Cl)n3n2)c(C)c1. The number of ether oxygens (including phenoxy) is 1. The third-order valence-corrected chi connectivity index (χ3v) is 5.61. The van der Waals surface area contributed by atoms with Crippen molar-refractivity contribution in [1.29, 1.82) is 0 Å². The number of halogens is 2. The normalized spacial score (nSPS) is 11.0. The highest BCUT2D eigenvalue weighted by Crippen LogP contribution is 2.33. The number of anilines is 1. The van der Waals surface area contributed by atoms with Crippen molar-refractivity contribution in [1.82, 2.24) is 14.6 Å². The zero-order chi connectivity index (χ0) is 20.5. The van der Waals surface area contributed by atoms with Crippen molar-refractivity contribution in [3.05, 3.63) is 63.0 Å². The Balaban J connectivity index is 1.49. The van der Waals surface area contributed by atoms with Crippen LogP contribution in [-0.2, 0) is 4.79 Å². The number of carbonyl (C=O) groups is 1. The van der Waals surface area contributed by atoms with Crippen molar-refractivity contribution in [3.63, 3.8) is 0 Å². The van der Waals surface area contributed by atoms with Gasteiger partial charge in [-0.05, 0) is 43.7 Å². The molecule has 4 rings (SSSR count). The van der Waals surface area contributed by atoms with Crippen molar-refractivity contribution in [2.45, 2.75) is 13.8 Å². The molecular weight excluding hydrogens is 431 g/mol. The van der Waals surface area contributed by atoms with Gasteiger partial charge < -0.3 is 4.74 Å². The molecule has 0 atom stereocenters. The molecule has 2 aromatic heterocycles. The first kappa shape index (κ1) is 19.7. The molecule has 1 N–H and O–H groups in total. The summed E-state index contributed by atoms with van der Waals surface area (Å²) >= 11 is 13.8. The molecule has 0 saturated heterocycles. The van der Waals surface area contributed by atoms with Gasteiger partial charge in [0.2, 0.25) is 4.96 Å². The van der Waals surface area contributed by atoms with Crippen LogP contribution in [0.3, 0.4) is 0 Å². The molecule has 0 aliphatic heterocycles. The molecule has 0 radical (unpaired) electrons. The molecule has 1 amide bonds. The molecule has 0 aliphatic rings. The summed E-state index contributed by atoms with van der Waals surface area (Å²) in [6.45, 7) is 3.81. The smallest absolute Gasteiger partial charge is 0.264 e. The van der Waals surface area contributed by atoms with Crippen LogP contribution in [0.15, 0.2) is 41.8 Å². The molecule has 9 heteroatoms. The maximum Gasteiger partial charge on any atom is 0.264 e. The van der Waals surface area contributed by atoms with Crippen LogP contribution in [0.25, 0.3) is 16.2 Å². The first-order valence-corrected chi connectivity index (χ1v) is 10.3. The van der Waals surface area contributed by atoms with Gasteiger partial charge in [0.15, 0.2) is 6.61 Å². The third kappa shape index (κ3) is 4.22. The van der Waals surface area contributed by atoms with Crippen LogP contribution >= 0.6 is 34.5 Å². The van der Waals surface area contributed by atoms with Crippen molar-refractivity contribution in [2.24, 2.45) is 0 Å². The van der Waals surface area contributed by atoms with Crippen LogP contribution in [0.2, 0.25) is 10.0 Å². The van der Waals surface area contributed by atoms with Gasteiger partial charge in [-0.25, -0.2) is 4.52 Å². The number of hydrogen-bond acceptors (Lipinski definition) is 5. The predicted molar refractivity (Wildman–Crippen MR) is 116 cm³/mol. The van der Waals surface area contributed by atoms with Gasteiger partial charge in [-0.3, -0.25) is 10.1 Å². The highest BCUT2D eigenvalue weighted by atomic mass is 35.5. The summed E-state index contributed by atoms with van der Waals surface area (Å²) in [6, 6.07) is 11.0. The molecule has 0 unspecified atom stereocenters.